The summed E-state index contributed by atoms with van der Waals surface area (Å²) in [4.78, 5) is 23.4. The van der Waals surface area contributed by atoms with Crippen molar-refractivity contribution in [1.82, 2.24) is 20.2 Å². The van der Waals surface area contributed by atoms with Gasteiger partial charge in [0.05, 0.1) is 11.7 Å². The molecule has 5 nitrogen and oxygen atoms in total. The second-order valence-corrected chi connectivity index (χ2v) is 6.83. The van der Waals surface area contributed by atoms with Gasteiger partial charge in [0.25, 0.3) is 0 Å². The number of carbonyl (C=O) groups excluding carboxylic acids is 1. The van der Waals surface area contributed by atoms with Crippen molar-refractivity contribution >= 4 is 5.91 Å². The summed E-state index contributed by atoms with van der Waals surface area (Å²) < 4.78 is 13.6. The third-order valence-electron chi connectivity index (χ3n) is 4.91. The molecule has 1 aromatic carbocycles. The molecule has 0 aliphatic carbocycles. The number of nitrogens with zero attached hydrogens (tertiary/aromatic N) is 3. The lowest BCUT2D eigenvalue weighted by Gasteiger charge is -2.21. The van der Waals surface area contributed by atoms with Crippen LogP contribution in [0.4, 0.5) is 4.39 Å². The molecule has 6 heteroatoms. The molecule has 26 heavy (non-hydrogen) atoms. The highest BCUT2D eigenvalue weighted by molar-refractivity contribution is 5.76. The third kappa shape index (κ3) is 4.43. The van der Waals surface area contributed by atoms with E-state index in [4.69, 9.17) is 0 Å². The maximum atomic E-state index is 13.6. The standard InChI is InChI=1S/C20H25FN4O/c1-14-22-12-16(20(24-14)18-8-5-11-25(18)2)13-23-19(26)10-9-15-6-3-4-7-17(15)21/h3-4,6-7,12,18H,5,8-11,13H2,1-2H3,(H,23,26)/t18-/m0/s1. The monoisotopic (exact) mass is 356 g/mol. The molecule has 0 radical (unpaired) electrons. The number of likely N-dealkylation sites (tertiary alicyclic amines) is 1. The van der Waals surface area contributed by atoms with Gasteiger partial charge >= 0.3 is 0 Å². The SMILES string of the molecule is Cc1ncc(CNC(=O)CCc2ccccc2F)c([C@@H]2CCCN2C)n1. The fourth-order valence-corrected chi connectivity index (χ4v) is 3.42. The van der Waals surface area contributed by atoms with Crippen molar-refractivity contribution in [1.29, 1.82) is 0 Å². The molecule has 0 spiro atoms. The van der Waals surface area contributed by atoms with Gasteiger partial charge in [-0.3, -0.25) is 9.69 Å². The number of benzene rings is 1. The van der Waals surface area contributed by atoms with Gasteiger partial charge in [-0.05, 0) is 51.4 Å². The molecular weight excluding hydrogens is 331 g/mol. The summed E-state index contributed by atoms with van der Waals surface area (Å²) in [6, 6.07) is 6.84. The molecular formula is C20H25FN4O. The Kier molecular flexibility index (Phi) is 5.93. The topological polar surface area (TPSA) is 58.1 Å². The maximum absolute atomic E-state index is 13.6. The number of hydrogen-bond acceptors (Lipinski definition) is 4. The van der Waals surface area contributed by atoms with Crippen LogP contribution in [0.3, 0.4) is 0 Å². The second kappa shape index (κ2) is 8.36. The van der Waals surface area contributed by atoms with Crippen molar-refractivity contribution in [3.05, 3.63) is 58.9 Å². The molecule has 1 aromatic heterocycles. The average molecular weight is 356 g/mol. The molecule has 1 aliphatic heterocycles. The van der Waals surface area contributed by atoms with Gasteiger partial charge in [-0.1, -0.05) is 18.2 Å². The molecule has 1 amide bonds. The van der Waals surface area contributed by atoms with Crippen molar-refractivity contribution in [2.24, 2.45) is 0 Å². The van der Waals surface area contributed by atoms with E-state index in [2.05, 4.69) is 27.2 Å². The Hall–Kier alpha value is -2.34. The van der Waals surface area contributed by atoms with E-state index in [1.165, 1.54) is 6.07 Å². The number of aromatic nitrogens is 2. The lowest BCUT2D eigenvalue weighted by atomic mass is 10.1. The molecule has 1 N–H and O–H groups in total. The largest absolute Gasteiger partial charge is 0.352 e. The smallest absolute Gasteiger partial charge is 0.220 e. The van der Waals surface area contributed by atoms with Gasteiger partial charge in [0, 0.05) is 24.7 Å². The Morgan fingerprint density at radius 2 is 2.15 bits per heavy atom. The van der Waals surface area contributed by atoms with Crippen LogP contribution in [-0.2, 0) is 17.8 Å². The first-order valence-electron chi connectivity index (χ1n) is 9.07. The Bertz CT molecular complexity index is 780. The molecule has 1 fully saturated rings. The zero-order valence-corrected chi connectivity index (χ0v) is 15.3. The van der Waals surface area contributed by atoms with Crippen LogP contribution in [0.25, 0.3) is 0 Å². The molecule has 1 saturated heterocycles. The number of nitrogens with one attached hydrogen (secondary N) is 1. The van der Waals surface area contributed by atoms with Gasteiger partial charge < -0.3 is 5.32 Å². The van der Waals surface area contributed by atoms with Crippen LogP contribution in [0, 0.1) is 12.7 Å². The number of carbonyl (C=O) groups is 1. The van der Waals surface area contributed by atoms with Gasteiger partial charge in [0.2, 0.25) is 5.91 Å². The molecule has 0 unspecified atom stereocenters. The first kappa shape index (κ1) is 18.5. The summed E-state index contributed by atoms with van der Waals surface area (Å²) >= 11 is 0. The van der Waals surface area contributed by atoms with Gasteiger partial charge in [0.15, 0.2) is 0 Å². The van der Waals surface area contributed by atoms with Crippen LogP contribution in [-0.4, -0.2) is 34.4 Å². The first-order valence-corrected chi connectivity index (χ1v) is 9.07. The van der Waals surface area contributed by atoms with E-state index in [-0.39, 0.29) is 24.2 Å². The summed E-state index contributed by atoms with van der Waals surface area (Å²) in [5.74, 6) is 0.383. The number of halogens is 1. The molecule has 1 atom stereocenters. The fraction of sp³-hybridized carbons (Fsp3) is 0.450. The van der Waals surface area contributed by atoms with E-state index in [0.29, 0.717) is 18.5 Å². The van der Waals surface area contributed by atoms with E-state index < -0.39 is 0 Å². The van der Waals surface area contributed by atoms with E-state index in [0.717, 1.165) is 36.5 Å². The highest BCUT2D eigenvalue weighted by Gasteiger charge is 2.26. The van der Waals surface area contributed by atoms with Crippen LogP contribution in [0.15, 0.2) is 30.5 Å². The molecule has 2 aromatic rings. The van der Waals surface area contributed by atoms with Crippen LogP contribution in [0.1, 0.15) is 47.9 Å². The number of aryl methyl sites for hydroxylation is 2. The normalized spacial score (nSPS) is 17.4. The molecule has 0 bridgehead atoms. The van der Waals surface area contributed by atoms with E-state index >= 15 is 0 Å². The van der Waals surface area contributed by atoms with Gasteiger partial charge in [-0.25, -0.2) is 14.4 Å². The van der Waals surface area contributed by atoms with E-state index in [9.17, 15) is 9.18 Å². The van der Waals surface area contributed by atoms with Crippen LogP contribution in [0.5, 0.6) is 0 Å². The minimum absolute atomic E-state index is 0.0976. The summed E-state index contributed by atoms with van der Waals surface area (Å²) in [6.45, 7) is 3.34. The Morgan fingerprint density at radius 3 is 2.88 bits per heavy atom. The lowest BCUT2D eigenvalue weighted by molar-refractivity contribution is -0.121. The quantitative estimate of drug-likeness (QED) is 0.865. The van der Waals surface area contributed by atoms with Crippen molar-refractivity contribution in [3.63, 3.8) is 0 Å². The van der Waals surface area contributed by atoms with Gasteiger partial charge in [-0.15, -0.1) is 0 Å². The van der Waals surface area contributed by atoms with Crippen molar-refractivity contribution < 1.29 is 9.18 Å². The molecule has 1 aliphatic rings. The number of rotatable bonds is 6. The lowest BCUT2D eigenvalue weighted by Crippen LogP contribution is -2.26. The first-order chi connectivity index (χ1) is 12.5. The Morgan fingerprint density at radius 1 is 1.35 bits per heavy atom. The molecule has 0 saturated carbocycles. The number of hydrogen-bond donors (Lipinski definition) is 1. The van der Waals surface area contributed by atoms with Crippen LogP contribution >= 0.6 is 0 Å². The summed E-state index contributed by atoms with van der Waals surface area (Å²) in [6.07, 6.45) is 4.67. The number of amides is 1. The van der Waals surface area contributed by atoms with Gasteiger partial charge in [0.1, 0.15) is 11.6 Å². The van der Waals surface area contributed by atoms with E-state index in [1.807, 2.05) is 6.92 Å². The summed E-state index contributed by atoms with van der Waals surface area (Å²) in [5, 5.41) is 2.93. The second-order valence-electron chi connectivity index (χ2n) is 6.83. The highest BCUT2D eigenvalue weighted by Crippen LogP contribution is 2.31. The predicted molar refractivity (Wildman–Crippen MR) is 97.9 cm³/mol. The zero-order valence-electron chi connectivity index (χ0n) is 15.3. The maximum Gasteiger partial charge on any atom is 0.220 e. The van der Waals surface area contributed by atoms with Crippen molar-refractivity contribution in [2.45, 2.75) is 45.2 Å². The highest BCUT2D eigenvalue weighted by atomic mass is 19.1. The minimum atomic E-state index is -0.265. The molecule has 3 rings (SSSR count). The third-order valence-corrected chi connectivity index (χ3v) is 4.91. The molecule has 2 heterocycles. The van der Waals surface area contributed by atoms with Crippen LogP contribution in [0.2, 0.25) is 0 Å². The average Bonchev–Trinajstić information content (AvgIpc) is 3.05. The predicted octanol–water partition coefficient (Wildman–Crippen LogP) is 2.94. The van der Waals surface area contributed by atoms with Crippen LogP contribution < -0.4 is 5.32 Å². The summed E-state index contributed by atoms with van der Waals surface area (Å²) in [5.41, 5.74) is 2.52. The fourth-order valence-electron chi connectivity index (χ4n) is 3.42. The zero-order chi connectivity index (χ0) is 18.5. The minimum Gasteiger partial charge on any atom is -0.352 e. The molecule has 138 valence electrons. The van der Waals surface area contributed by atoms with Crippen molar-refractivity contribution in [3.8, 4) is 0 Å². The van der Waals surface area contributed by atoms with Gasteiger partial charge in [-0.2, -0.15) is 0 Å². The van der Waals surface area contributed by atoms with E-state index in [1.54, 1.807) is 24.4 Å². The Labute approximate surface area is 153 Å². The van der Waals surface area contributed by atoms with Crippen molar-refractivity contribution in [2.75, 3.05) is 13.6 Å². The summed E-state index contributed by atoms with van der Waals surface area (Å²) in [7, 11) is 2.10. The Balaban J connectivity index is 1.60.